The van der Waals surface area contributed by atoms with Crippen LogP contribution in [-0.4, -0.2) is 48.5 Å². The number of hydrazone groups is 1. The Morgan fingerprint density at radius 2 is 1.90 bits per heavy atom. The summed E-state index contributed by atoms with van der Waals surface area (Å²) in [7, 11) is 3.29. The number of aromatic nitrogens is 2. The Balaban J connectivity index is 1.84. The van der Waals surface area contributed by atoms with Gasteiger partial charge in [0, 0.05) is 31.0 Å². The number of ether oxygens (including phenoxy) is 2. The lowest BCUT2D eigenvalue weighted by molar-refractivity contribution is 0.204. The van der Waals surface area contributed by atoms with Crippen LogP contribution in [-0.2, 0) is 4.74 Å². The number of hydrogen-bond donors (Lipinski definition) is 2. The predicted octanol–water partition coefficient (Wildman–Crippen LogP) is 2.99. The van der Waals surface area contributed by atoms with E-state index in [-0.39, 0.29) is 0 Å². The fourth-order valence-electron chi connectivity index (χ4n) is 2.63. The molecule has 2 N–H and O–H groups in total. The van der Waals surface area contributed by atoms with Crippen LogP contribution in [0.3, 0.4) is 0 Å². The maximum atomic E-state index is 5.25. The van der Waals surface area contributed by atoms with Crippen molar-refractivity contribution in [2.75, 3.05) is 27.4 Å². The van der Waals surface area contributed by atoms with Gasteiger partial charge in [0.25, 0.3) is 0 Å². The number of nitrogens with one attached hydrogen (secondary N) is 2. The molecule has 0 unspecified atom stereocenters. The van der Waals surface area contributed by atoms with Crippen LogP contribution < -0.4 is 15.5 Å². The van der Waals surface area contributed by atoms with Crippen molar-refractivity contribution in [3.8, 4) is 22.7 Å². The summed E-state index contributed by atoms with van der Waals surface area (Å²) in [6, 6.07) is 17.7. The first-order valence-electron chi connectivity index (χ1n) is 9.06. The van der Waals surface area contributed by atoms with E-state index in [9.17, 15) is 0 Å². The number of para-hydroxylation sites is 1. The largest absolute Gasteiger partial charge is 0.497 e. The van der Waals surface area contributed by atoms with Crippen molar-refractivity contribution in [3.05, 3.63) is 66.4 Å². The summed E-state index contributed by atoms with van der Waals surface area (Å²) in [5.41, 5.74) is 6.40. The highest BCUT2D eigenvalue weighted by Gasteiger charge is 2.11. The Morgan fingerprint density at radius 1 is 1.14 bits per heavy atom. The minimum absolute atomic E-state index is 0.430. The van der Waals surface area contributed by atoms with Gasteiger partial charge in [-0.3, -0.25) is 5.43 Å². The van der Waals surface area contributed by atoms with E-state index in [1.54, 1.807) is 20.4 Å². The molecule has 0 saturated carbocycles. The molecule has 3 rings (SSSR count). The lowest BCUT2D eigenvalue weighted by Gasteiger charge is -2.05. The summed E-state index contributed by atoms with van der Waals surface area (Å²) >= 11 is 5.19. The molecule has 0 atom stereocenters. The highest BCUT2D eigenvalue weighted by molar-refractivity contribution is 7.80. The third-order valence-corrected chi connectivity index (χ3v) is 4.32. The third-order valence-electron chi connectivity index (χ3n) is 4.09. The van der Waals surface area contributed by atoms with E-state index in [1.165, 1.54) is 0 Å². The normalized spacial score (nSPS) is 10.8. The fourth-order valence-corrected chi connectivity index (χ4v) is 2.79. The fraction of sp³-hybridized carbons (Fsp3) is 0.190. The summed E-state index contributed by atoms with van der Waals surface area (Å²) in [5, 5.41) is 12.4. The number of rotatable bonds is 8. The lowest BCUT2D eigenvalue weighted by atomic mass is 10.1. The van der Waals surface area contributed by atoms with E-state index in [2.05, 4.69) is 15.8 Å². The van der Waals surface area contributed by atoms with Crippen molar-refractivity contribution in [1.29, 1.82) is 0 Å². The molecule has 0 saturated heterocycles. The Labute approximate surface area is 175 Å². The molecule has 0 amide bonds. The zero-order chi connectivity index (χ0) is 20.5. The quantitative estimate of drug-likeness (QED) is 0.258. The molecule has 3 aromatic rings. The SMILES string of the molecule is COCCNC(=S)N/N=C\c1cn(-c2ccccc2)nc1-c1ccc(OC)cc1. The minimum Gasteiger partial charge on any atom is -0.497 e. The van der Waals surface area contributed by atoms with Crippen molar-refractivity contribution in [2.24, 2.45) is 5.10 Å². The van der Waals surface area contributed by atoms with Crippen molar-refractivity contribution < 1.29 is 9.47 Å². The average molecular weight is 410 g/mol. The molecule has 8 heteroatoms. The smallest absolute Gasteiger partial charge is 0.187 e. The monoisotopic (exact) mass is 409 g/mol. The molecule has 1 aromatic heterocycles. The Morgan fingerprint density at radius 3 is 2.59 bits per heavy atom. The Bertz CT molecular complexity index is 955. The predicted molar refractivity (Wildman–Crippen MR) is 119 cm³/mol. The number of thiocarbonyl (C=S) groups is 1. The molecule has 0 spiro atoms. The van der Waals surface area contributed by atoms with Crippen LogP contribution in [0.25, 0.3) is 16.9 Å². The van der Waals surface area contributed by atoms with Crippen LogP contribution in [0.4, 0.5) is 0 Å². The van der Waals surface area contributed by atoms with E-state index in [1.807, 2.05) is 65.5 Å². The second-order valence-corrected chi connectivity index (χ2v) is 6.47. The molecule has 0 aliphatic heterocycles. The lowest BCUT2D eigenvalue weighted by Crippen LogP contribution is -2.34. The van der Waals surface area contributed by atoms with Gasteiger partial charge in [-0.05, 0) is 48.6 Å². The van der Waals surface area contributed by atoms with Crippen LogP contribution in [0.5, 0.6) is 5.75 Å². The molecule has 0 bridgehead atoms. The first-order chi connectivity index (χ1) is 14.2. The summed E-state index contributed by atoms with van der Waals surface area (Å²) < 4.78 is 12.1. The highest BCUT2D eigenvalue weighted by Crippen LogP contribution is 2.24. The van der Waals surface area contributed by atoms with Gasteiger partial charge in [0.15, 0.2) is 5.11 Å². The van der Waals surface area contributed by atoms with Gasteiger partial charge < -0.3 is 14.8 Å². The topological polar surface area (TPSA) is 72.7 Å². The second kappa shape index (κ2) is 10.4. The van der Waals surface area contributed by atoms with Gasteiger partial charge in [-0.25, -0.2) is 4.68 Å². The molecular weight excluding hydrogens is 386 g/mol. The molecule has 0 aliphatic carbocycles. The zero-order valence-electron chi connectivity index (χ0n) is 16.3. The molecule has 0 fully saturated rings. The average Bonchev–Trinajstić information content (AvgIpc) is 3.19. The van der Waals surface area contributed by atoms with Gasteiger partial charge in [0.05, 0.1) is 25.6 Å². The minimum atomic E-state index is 0.430. The van der Waals surface area contributed by atoms with E-state index in [4.69, 9.17) is 26.8 Å². The van der Waals surface area contributed by atoms with Crippen LogP contribution in [0.1, 0.15) is 5.56 Å². The van der Waals surface area contributed by atoms with Crippen molar-refractivity contribution in [3.63, 3.8) is 0 Å². The molecular formula is C21H23N5O2S. The van der Waals surface area contributed by atoms with E-state index in [0.29, 0.717) is 18.3 Å². The molecule has 1 heterocycles. The Hall–Kier alpha value is -3.23. The van der Waals surface area contributed by atoms with Gasteiger partial charge >= 0.3 is 0 Å². The Kier molecular flexibility index (Phi) is 7.32. The summed E-state index contributed by atoms with van der Waals surface area (Å²) in [6.07, 6.45) is 3.64. The first-order valence-corrected chi connectivity index (χ1v) is 9.47. The third kappa shape index (κ3) is 5.63. The van der Waals surface area contributed by atoms with Gasteiger partial charge in [0.1, 0.15) is 11.4 Å². The van der Waals surface area contributed by atoms with E-state index in [0.717, 1.165) is 28.3 Å². The zero-order valence-corrected chi connectivity index (χ0v) is 17.1. The van der Waals surface area contributed by atoms with Crippen LogP contribution in [0.2, 0.25) is 0 Å². The second-order valence-electron chi connectivity index (χ2n) is 6.06. The van der Waals surface area contributed by atoms with Gasteiger partial charge in [0.2, 0.25) is 0 Å². The summed E-state index contributed by atoms with van der Waals surface area (Å²) in [6.45, 7) is 1.18. The van der Waals surface area contributed by atoms with Gasteiger partial charge in [-0.1, -0.05) is 18.2 Å². The molecule has 2 aromatic carbocycles. The number of benzene rings is 2. The molecule has 0 aliphatic rings. The van der Waals surface area contributed by atoms with Crippen LogP contribution >= 0.6 is 12.2 Å². The van der Waals surface area contributed by atoms with Gasteiger partial charge in [-0.2, -0.15) is 10.2 Å². The van der Waals surface area contributed by atoms with E-state index >= 15 is 0 Å². The number of nitrogens with zero attached hydrogens (tertiary/aromatic N) is 3. The molecule has 7 nitrogen and oxygen atoms in total. The first kappa shape index (κ1) is 20.5. The van der Waals surface area contributed by atoms with Crippen LogP contribution in [0, 0.1) is 0 Å². The summed E-state index contributed by atoms with van der Waals surface area (Å²) in [4.78, 5) is 0. The number of methoxy groups -OCH3 is 2. The highest BCUT2D eigenvalue weighted by atomic mass is 32.1. The molecule has 29 heavy (non-hydrogen) atoms. The number of hydrogen-bond acceptors (Lipinski definition) is 5. The van der Waals surface area contributed by atoms with Crippen molar-refractivity contribution in [1.82, 2.24) is 20.5 Å². The molecule has 150 valence electrons. The maximum Gasteiger partial charge on any atom is 0.187 e. The summed E-state index contributed by atoms with van der Waals surface area (Å²) in [5.74, 6) is 0.792. The van der Waals surface area contributed by atoms with Crippen molar-refractivity contribution >= 4 is 23.5 Å². The van der Waals surface area contributed by atoms with E-state index < -0.39 is 0 Å². The van der Waals surface area contributed by atoms with Crippen molar-refractivity contribution in [2.45, 2.75) is 0 Å². The maximum absolute atomic E-state index is 5.25. The van der Waals surface area contributed by atoms with Gasteiger partial charge in [-0.15, -0.1) is 0 Å². The molecule has 0 radical (unpaired) electrons. The van der Waals surface area contributed by atoms with Crippen LogP contribution in [0.15, 0.2) is 65.9 Å². The standard InChI is InChI=1S/C21H23N5O2S/c1-27-13-12-22-21(29)24-23-14-17-15-26(18-6-4-3-5-7-18)25-20(17)16-8-10-19(28-2)11-9-16/h3-11,14-15H,12-13H2,1-2H3,(H2,22,24,29)/b23-14-.